The van der Waals surface area contributed by atoms with Crippen molar-refractivity contribution < 1.29 is 9.53 Å². The van der Waals surface area contributed by atoms with Gasteiger partial charge in [0.1, 0.15) is 0 Å². The predicted molar refractivity (Wildman–Crippen MR) is 67.9 cm³/mol. The number of halogens is 1. The minimum Gasteiger partial charge on any atom is -0.378 e. The molecule has 1 heterocycles. The van der Waals surface area contributed by atoms with Crippen molar-refractivity contribution in [3.05, 3.63) is 40.9 Å². The van der Waals surface area contributed by atoms with Crippen LogP contribution >= 0.6 is 11.6 Å². The van der Waals surface area contributed by atoms with Gasteiger partial charge in [0, 0.05) is 24.2 Å². The molecule has 1 aromatic rings. The highest BCUT2D eigenvalue weighted by atomic mass is 35.5. The highest BCUT2D eigenvalue weighted by Gasteiger charge is 2.13. The third-order valence-electron chi connectivity index (χ3n) is 2.59. The summed E-state index contributed by atoms with van der Waals surface area (Å²) >= 11 is 5.86. The molecular formula is C13H14ClNO2. The van der Waals surface area contributed by atoms with E-state index in [0.29, 0.717) is 31.3 Å². The molecule has 1 aromatic carbocycles. The predicted octanol–water partition coefficient (Wildman–Crippen LogP) is 2.21. The number of carbonyl (C=O) groups excluding carboxylic acids is 1. The van der Waals surface area contributed by atoms with Crippen molar-refractivity contribution in [2.75, 3.05) is 26.3 Å². The second-order valence-electron chi connectivity index (χ2n) is 3.83. The fourth-order valence-electron chi connectivity index (χ4n) is 1.67. The number of carbonyl (C=O) groups is 1. The van der Waals surface area contributed by atoms with E-state index < -0.39 is 0 Å². The molecule has 0 N–H and O–H groups in total. The molecule has 0 spiro atoms. The molecule has 0 saturated carbocycles. The van der Waals surface area contributed by atoms with E-state index in [-0.39, 0.29) is 5.91 Å². The van der Waals surface area contributed by atoms with Gasteiger partial charge in [-0.1, -0.05) is 23.7 Å². The topological polar surface area (TPSA) is 29.5 Å². The fraction of sp³-hybridized carbons (Fsp3) is 0.308. The van der Waals surface area contributed by atoms with Gasteiger partial charge >= 0.3 is 0 Å². The number of benzene rings is 1. The molecule has 90 valence electrons. The van der Waals surface area contributed by atoms with Crippen LogP contribution in [-0.2, 0) is 9.53 Å². The summed E-state index contributed by atoms with van der Waals surface area (Å²) < 4.78 is 5.19. The lowest BCUT2D eigenvalue weighted by Gasteiger charge is -2.25. The first kappa shape index (κ1) is 12.1. The van der Waals surface area contributed by atoms with E-state index in [0.717, 1.165) is 5.56 Å². The van der Waals surface area contributed by atoms with Gasteiger partial charge in [-0.25, -0.2) is 0 Å². The molecule has 0 radical (unpaired) electrons. The van der Waals surface area contributed by atoms with Crippen LogP contribution in [0.1, 0.15) is 5.56 Å². The SMILES string of the molecule is O=C(C=Cc1cccc(Cl)c1)N1CCOCC1. The summed E-state index contributed by atoms with van der Waals surface area (Å²) in [7, 11) is 0. The Morgan fingerprint density at radius 2 is 2.12 bits per heavy atom. The van der Waals surface area contributed by atoms with Gasteiger partial charge in [-0.3, -0.25) is 4.79 Å². The maximum Gasteiger partial charge on any atom is 0.246 e. The summed E-state index contributed by atoms with van der Waals surface area (Å²) in [5.41, 5.74) is 0.930. The number of morpholine rings is 1. The summed E-state index contributed by atoms with van der Waals surface area (Å²) in [6, 6.07) is 7.41. The van der Waals surface area contributed by atoms with E-state index in [2.05, 4.69) is 0 Å². The molecule has 0 aromatic heterocycles. The zero-order chi connectivity index (χ0) is 12.1. The van der Waals surface area contributed by atoms with Crippen LogP contribution in [0.5, 0.6) is 0 Å². The molecular weight excluding hydrogens is 238 g/mol. The highest BCUT2D eigenvalue weighted by Crippen LogP contribution is 2.12. The van der Waals surface area contributed by atoms with Crippen LogP contribution in [0, 0.1) is 0 Å². The van der Waals surface area contributed by atoms with Crippen molar-refractivity contribution in [2.45, 2.75) is 0 Å². The van der Waals surface area contributed by atoms with Gasteiger partial charge in [-0.15, -0.1) is 0 Å². The van der Waals surface area contributed by atoms with Gasteiger partial charge < -0.3 is 9.64 Å². The van der Waals surface area contributed by atoms with Crippen LogP contribution in [-0.4, -0.2) is 37.1 Å². The van der Waals surface area contributed by atoms with Crippen LogP contribution in [0.15, 0.2) is 30.3 Å². The first-order valence-corrected chi connectivity index (χ1v) is 5.94. The Labute approximate surface area is 106 Å². The molecule has 1 aliphatic rings. The van der Waals surface area contributed by atoms with Crippen LogP contribution in [0.25, 0.3) is 6.08 Å². The molecule has 0 atom stereocenters. The lowest BCUT2D eigenvalue weighted by atomic mass is 10.2. The first-order chi connectivity index (χ1) is 8.25. The molecule has 1 saturated heterocycles. The minimum absolute atomic E-state index is 0.0216. The summed E-state index contributed by atoms with van der Waals surface area (Å²) in [5.74, 6) is 0.0216. The van der Waals surface area contributed by atoms with Crippen molar-refractivity contribution in [1.82, 2.24) is 4.90 Å². The normalized spacial score (nSPS) is 16.4. The van der Waals surface area contributed by atoms with E-state index in [9.17, 15) is 4.79 Å². The Hall–Kier alpha value is -1.32. The average Bonchev–Trinajstić information content (AvgIpc) is 2.37. The molecule has 1 aliphatic heterocycles. The maximum atomic E-state index is 11.8. The second kappa shape index (κ2) is 5.84. The molecule has 4 heteroatoms. The van der Waals surface area contributed by atoms with E-state index in [1.165, 1.54) is 0 Å². The third kappa shape index (κ3) is 3.58. The zero-order valence-corrected chi connectivity index (χ0v) is 10.2. The third-order valence-corrected chi connectivity index (χ3v) is 2.82. The molecule has 0 unspecified atom stereocenters. The lowest BCUT2D eigenvalue weighted by molar-refractivity contribution is -0.129. The number of rotatable bonds is 2. The minimum atomic E-state index is 0.0216. The van der Waals surface area contributed by atoms with Crippen molar-refractivity contribution in [3.63, 3.8) is 0 Å². The molecule has 3 nitrogen and oxygen atoms in total. The lowest BCUT2D eigenvalue weighted by Crippen LogP contribution is -2.39. The Balaban J connectivity index is 1.97. The van der Waals surface area contributed by atoms with E-state index >= 15 is 0 Å². The Morgan fingerprint density at radius 3 is 2.82 bits per heavy atom. The Bertz CT molecular complexity index is 425. The van der Waals surface area contributed by atoms with Gasteiger partial charge in [0.2, 0.25) is 5.91 Å². The van der Waals surface area contributed by atoms with Crippen molar-refractivity contribution in [1.29, 1.82) is 0 Å². The smallest absolute Gasteiger partial charge is 0.246 e. The summed E-state index contributed by atoms with van der Waals surface area (Å²) in [6.07, 6.45) is 3.36. The summed E-state index contributed by atoms with van der Waals surface area (Å²) in [5, 5.41) is 0.672. The summed E-state index contributed by atoms with van der Waals surface area (Å²) in [4.78, 5) is 13.6. The quantitative estimate of drug-likeness (QED) is 0.755. The molecule has 0 bridgehead atoms. The fourth-order valence-corrected chi connectivity index (χ4v) is 1.87. The van der Waals surface area contributed by atoms with Gasteiger partial charge in [0.25, 0.3) is 0 Å². The van der Waals surface area contributed by atoms with Crippen molar-refractivity contribution >= 4 is 23.6 Å². The monoisotopic (exact) mass is 251 g/mol. The van der Waals surface area contributed by atoms with Gasteiger partial charge in [0.05, 0.1) is 13.2 Å². The van der Waals surface area contributed by atoms with Gasteiger partial charge in [-0.05, 0) is 23.8 Å². The van der Waals surface area contributed by atoms with Gasteiger partial charge in [0.15, 0.2) is 0 Å². The number of amides is 1. The molecule has 17 heavy (non-hydrogen) atoms. The number of ether oxygens (including phenoxy) is 1. The number of nitrogens with zero attached hydrogens (tertiary/aromatic N) is 1. The van der Waals surface area contributed by atoms with Crippen LogP contribution in [0.4, 0.5) is 0 Å². The van der Waals surface area contributed by atoms with E-state index in [1.807, 2.05) is 24.3 Å². The Morgan fingerprint density at radius 1 is 1.35 bits per heavy atom. The second-order valence-corrected chi connectivity index (χ2v) is 4.26. The summed E-state index contributed by atoms with van der Waals surface area (Å²) in [6.45, 7) is 2.57. The van der Waals surface area contributed by atoms with Crippen LogP contribution < -0.4 is 0 Å². The molecule has 1 fully saturated rings. The number of hydrogen-bond donors (Lipinski definition) is 0. The maximum absolute atomic E-state index is 11.8. The van der Waals surface area contributed by atoms with Crippen molar-refractivity contribution in [3.8, 4) is 0 Å². The molecule has 0 aliphatic carbocycles. The standard InChI is InChI=1S/C13H14ClNO2/c14-12-3-1-2-11(10-12)4-5-13(16)15-6-8-17-9-7-15/h1-5,10H,6-9H2. The average molecular weight is 252 g/mol. The van der Waals surface area contributed by atoms with Crippen LogP contribution in [0.2, 0.25) is 5.02 Å². The largest absolute Gasteiger partial charge is 0.378 e. The first-order valence-electron chi connectivity index (χ1n) is 5.56. The molecule has 2 rings (SSSR count). The van der Waals surface area contributed by atoms with Gasteiger partial charge in [-0.2, -0.15) is 0 Å². The van der Waals surface area contributed by atoms with E-state index in [4.69, 9.17) is 16.3 Å². The zero-order valence-electron chi connectivity index (χ0n) is 9.43. The molecule has 1 amide bonds. The Kier molecular flexibility index (Phi) is 4.18. The van der Waals surface area contributed by atoms with Crippen LogP contribution in [0.3, 0.4) is 0 Å². The van der Waals surface area contributed by atoms with Crippen molar-refractivity contribution in [2.24, 2.45) is 0 Å². The highest BCUT2D eigenvalue weighted by molar-refractivity contribution is 6.30. The van der Waals surface area contributed by atoms with E-state index in [1.54, 1.807) is 17.1 Å². The number of hydrogen-bond acceptors (Lipinski definition) is 2.